The van der Waals surface area contributed by atoms with Crippen molar-refractivity contribution in [2.45, 2.75) is 51.7 Å². The molecule has 0 saturated carbocycles. The molecule has 0 radical (unpaired) electrons. The summed E-state index contributed by atoms with van der Waals surface area (Å²) in [7, 11) is 0. The van der Waals surface area contributed by atoms with Gasteiger partial charge in [-0.1, -0.05) is 6.07 Å². The number of piperidine rings is 1. The lowest BCUT2D eigenvalue weighted by Crippen LogP contribution is -2.51. The molecule has 2 atom stereocenters. The van der Waals surface area contributed by atoms with Gasteiger partial charge in [0, 0.05) is 18.5 Å². The lowest BCUT2D eigenvalue weighted by Gasteiger charge is -2.43. The molecule has 19 heavy (non-hydrogen) atoms. The van der Waals surface area contributed by atoms with Gasteiger partial charge >= 0.3 is 0 Å². The summed E-state index contributed by atoms with van der Waals surface area (Å²) in [6, 6.07) is 4.54. The van der Waals surface area contributed by atoms with Crippen LogP contribution in [0.4, 0.5) is 4.39 Å². The molecule has 0 spiro atoms. The van der Waals surface area contributed by atoms with E-state index >= 15 is 0 Å². The zero-order chi connectivity index (χ0) is 14.2. The van der Waals surface area contributed by atoms with Crippen molar-refractivity contribution >= 4 is 5.91 Å². The zero-order valence-electron chi connectivity index (χ0n) is 11.7. The molecule has 2 rings (SSSR count). The lowest BCUT2D eigenvalue weighted by molar-refractivity contribution is -0.139. The maximum Gasteiger partial charge on any atom is 0.223 e. The number of likely N-dealkylation sites (tertiary alicyclic amines) is 1. The van der Waals surface area contributed by atoms with E-state index in [0.717, 1.165) is 11.1 Å². The Morgan fingerprint density at radius 2 is 2.11 bits per heavy atom. The van der Waals surface area contributed by atoms with Crippen LogP contribution in [0, 0.1) is 12.7 Å². The third kappa shape index (κ3) is 2.63. The van der Waals surface area contributed by atoms with Crippen LogP contribution in [0.1, 0.15) is 43.9 Å². The van der Waals surface area contributed by atoms with Crippen molar-refractivity contribution in [3.05, 3.63) is 35.1 Å². The minimum atomic E-state index is -0.256. The highest BCUT2D eigenvalue weighted by atomic mass is 19.1. The molecule has 1 fully saturated rings. The van der Waals surface area contributed by atoms with Crippen molar-refractivity contribution in [2.24, 2.45) is 5.73 Å². The van der Waals surface area contributed by atoms with Gasteiger partial charge in [0.15, 0.2) is 0 Å². The molecule has 1 aromatic carbocycles. The first-order valence-corrected chi connectivity index (χ1v) is 6.74. The van der Waals surface area contributed by atoms with Crippen LogP contribution in [0.2, 0.25) is 0 Å². The highest BCUT2D eigenvalue weighted by molar-refractivity contribution is 5.78. The summed E-state index contributed by atoms with van der Waals surface area (Å²) in [6.07, 6.45) is 1.18. The molecule has 3 nitrogen and oxygen atoms in total. The van der Waals surface area contributed by atoms with E-state index in [1.54, 1.807) is 6.07 Å². The number of nitrogens with two attached hydrogens (primary N) is 1. The summed E-state index contributed by atoms with van der Waals surface area (Å²) in [4.78, 5) is 14.0. The topological polar surface area (TPSA) is 46.3 Å². The molecule has 1 heterocycles. The van der Waals surface area contributed by atoms with Crippen LogP contribution in [0.3, 0.4) is 0 Å². The molecule has 2 unspecified atom stereocenters. The van der Waals surface area contributed by atoms with Crippen molar-refractivity contribution in [1.29, 1.82) is 0 Å². The second-order valence-corrected chi connectivity index (χ2v) is 5.54. The number of benzene rings is 1. The fourth-order valence-corrected chi connectivity index (χ4v) is 2.90. The molecule has 4 heteroatoms. The summed E-state index contributed by atoms with van der Waals surface area (Å²) in [5.41, 5.74) is 8.02. The standard InChI is InChI=1S/C15H21FN2O/c1-9(2)18-14(19)7-6-13(17)15(18)12-5-4-11(16)8-10(12)3/h4-5,8-9,13,15H,6-7,17H2,1-3H3. The Balaban J connectivity index is 2.45. The van der Waals surface area contributed by atoms with E-state index < -0.39 is 0 Å². The molecule has 1 saturated heterocycles. The van der Waals surface area contributed by atoms with Crippen molar-refractivity contribution in [3.63, 3.8) is 0 Å². The Kier molecular flexibility index (Phi) is 3.90. The van der Waals surface area contributed by atoms with E-state index in [1.807, 2.05) is 25.7 Å². The average Bonchev–Trinajstić information content (AvgIpc) is 2.32. The van der Waals surface area contributed by atoms with E-state index in [2.05, 4.69) is 0 Å². The molecule has 1 aliphatic heterocycles. The van der Waals surface area contributed by atoms with E-state index in [1.165, 1.54) is 12.1 Å². The van der Waals surface area contributed by atoms with E-state index in [-0.39, 0.29) is 29.8 Å². The Hall–Kier alpha value is -1.42. The molecule has 0 bridgehead atoms. The molecule has 2 N–H and O–H groups in total. The summed E-state index contributed by atoms with van der Waals surface area (Å²) in [5, 5.41) is 0. The SMILES string of the molecule is Cc1cc(F)ccc1C1C(N)CCC(=O)N1C(C)C. The van der Waals surface area contributed by atoms with Crippen molar-refractivity contribution in [3.8, 4) is 0 Å². The minimum absolute atomic E-state index is 0.0910. The number of halogens is 1. The van der Waals surface area contributed by atoms with E-state index in [4.69, 9.17) is 5.73 Å². The van der Waals surface area contributed by atoms with Crippen LogP contribution in [0.15, 0.2) is 18.2 Å². The molecule has 0 aromatic heterocycles. The Bertz CT molecular complexity index is 487. The Labute approximate surface area is 113 Å². The summed E-state index contributed by atoms with van der Waals surface area (Å²) < 4.78 is 13.2. The molecular weight excluding hydrogens is 243 g/mol. The zero-order valence-corrected chi connectivity index (χ0v) is 11.7. The quantitative estimate of drug-likeness (QED) is 0.892. The summed E-state index contributed by atoms with van der Waals surface area (Å²) in [5.74, 6) is -0.126. The van der Waals surface area contributed by atoms with Crippen LogP contribution in [-0.4, -0.2) is 22.9 Å². The van der Waals surface area contributed by atoms with Crippen LogP contribution >= 0.6 is 0 Å². The largest absolute Gasteiger partial charge is 0.332 e. The number of amides is 1. The summed E-state index contributed by atoms with van der Waals surface area (Å²) >= 11 is 0. The number of carbonyl (C=O) groups is 1. The van der Waals surface area contributed by atoms with E-state index in [9.17, 15) is 9.18 Å². The minimum Gasteiger partial charge on any atom is -0.332 e. The van der Waals surface area contributed by atoms with Crippen LogP contribution in [0.25, 0.3) is 0 Å². The van der Waals surface area contributed by atoms with Gasteiger partial charge in [0.25, 0.3) is 0 Å². The maximum atomic E-state index is 13.2. The third-order valence-electron chi connectivity index (χ3n) is 3.79. The van der Waals surface area contributed by atoms with Crippen LogP contribution < -0.4 is 5.73 Å². The number of aryl methyl sites for hydroxylation is 1. The third-order valence-corrected chi connectivity index (χ3v) is 3.79. The highest BCUT2D eigenvalue weighted by Gasteiger charge is 2.36. The van der Waals surface area contributed by atoms with Gasteiger partial charge in [0.2, 0.25) is 5.91 Å². The average molecular weight is 264 g/mol. The number of rotatable bonds is 2. The fraction of sp³-hybridized carbons (Fsp3) is 0.533. The van der Waals surface area contributed by atoms with Gasteiger partial charge in [-0.2, -0.15) is 0 Å². The van der Waals surface area contributed by atoms with Crippen molar-refractivity contribution in [2.75, 3.05) is 0 Å². The molecule has 104 valence electrons. The second kappa shape index (κ2) is 5.29. The summed E-state index contributed by atoms with van der Waals surface area (Å²) in [6.45, 7) is 5.84. The van der Waals surface area contributed by atoms with Gasteiger partial charge in [-0.15, -0.1) is 0 Å². The first kappa shape index (κ1) is 14.0. The number of carbonyl (C=O) groups excluding carboxylic acids is 1. The Morgan fingerprint density at radius 3 is 2.68 bits per heavy atom. The van der Waals surface area contributed by atoms with Crippen molar-refractivity contribution in [1.82, 2.24) is 4.90 Å². The van der Waals surface area contributed by atoms with E-state index in [0.29, 0.717) is 12.8 Å². The van der Waals surface area contributed by atoms with Gasteiger partial charge in [0.05, 0.1) is 6.04 Å². The molecule has 1 aliphatic rings. The first-order chi connectivity index (χ1) is 8.91. The molecule has 1 amide bonds. The Morgan fingerprint density at radius 1 is 1.42 bits per heavy atom. The van der Waals surface area contributed by atoms with Crippen molar-refractivity contribution < 1.29 is 9.18 Å². The van der Waals surface area contributed by atoms with Gasteiger partial charge in [0.1, 0.15) is 5.82 Å². The van der Waals surface area contributed by atoms with Crippen LogP contribution in [0.5, 0.6) is 0 Å². The lowest BCUT2D eigenvalue weighted by atomic mass is 9.87. The first-order valence-electron chi connectivity index (χ1n) is 6.74. The molecule has 1 aromatic rings. The number of hydrogen-bond donors (Lipinski definition) is 1. The van der Waals surface area contributed by atoms with Crippen LogP contribution in [-0.2, 0) is 4.79 Å². The van der Waals surface area contributed by atoms with Gasteiger partial charge in [-0.25, -0.2) is 4.39 Å². The smallest absolute Gasteiger partial charge is 0.223 e. The van der Waals surface area contributed by atoms with Gasteiger partial charge in [-0.05, 0) is 50.5 Å². The van der Waals surface area contributed by atoms with Gasteiger partial charge < -0.3 is 10.6 Å². The number of hydrogen-bond acceptors (Lipinski definition) is 2. The highest BCUT2D eigenvalue weighted by Crippen LogP contribution is 2.34. The van der Waals surface area contributed by atoms with Gasteiger partial charge in [-0.3, -0.25) is 4.79 Å². The molecule has 0 aliphatic carbocycles. The normalized spacial score (nSPS) is 24.1. The molecular formula is C15H21FN2O. The fourth-order valence-electron chi connectivity index (χ4n) is 2.90. The monoisotopic (exact) mass is 264 g/mol. The maximum absolute atomic E-state index is 13.2. The second-order valence-electron chi connectivity index (χ2n) is 5.54. The number of nitrogens with zero attached hydrogens (tertiary/aromatic N) is 1. The predicted octanol–water partition coefficient (Wildman–Crippen LogP) is 2.53. The predicted molar refractivity (Wildman–Crippen MR) is 73.1 cm³/mol.